The lowest BCUT2D eigenvalue weighted by atomic mass is 9.94. The summed E-state index contributed by atoms with van der Waals surface area (Å²) in [6, 6.07) is 11.7. The molecule has 0 aliphatic heterocycles. The van der Waals surface area contributed by atoms with Crippen molar-refractivity contribution in [3.05, 3.63) is 68.9 Å². The van der Waals surface area contributed by atoms with Gasteiger partial charge < -0.3 is 5.32 Å². The summed E-state index contributed by atoms with van der Waals surface area (Å²) in [4.78, 5) is 0. The van der Waals surface area contributed by atoms with Crippen molar-refractivity contribution >= 4 is 15.9 Å². The van der Waals surface area contributed by atoms with Crippen LogP contribution < -0.4 is 5.32 Å². The maximum Gasteiger partial charge on any atom is 0.126 e. The average Bonchev–Trinajstić information content (AvgIpc) is 2.40. The molecule has 1 N–H and O–H groups in total. The molecule has 20 heavy (non-hydrogen) atoms. The van der Waals surface area contributed by atoms with E-state index < -0.39 is 0 Å². The summed E-state index contributed by atoms with van der Waals surface area (Å²) < 4.78 is 14.5. The molecule has 0 aromatic heterocycles. The minimum Gasteiger partial charge on any atom is -0.307 e. The van der Waals surface area contributed by atoms with Crippen molar-refractivity contribution in [1.29, 1.82) is 0 Å². The highest BCUT2D eigenvalue weighted by molar-refractivity contribution is 9.10. The number of benzene rings is 2. The van der Waals surface area contributed by atoms with Crippen LogP contribution in [-0.4, -0.2) is 6.54 Å². The van der Waals surface area contributed by atoms with Crippen LogP contribution in [-0.2, 0) is 0 Å². The van der Waals surface area contributed by atoms with Crippen LogP contribution in [0.2, 0.25) is 0 Å². The highest BCUT2D eigenvalue weighted by Gasteiger charge is 2.16. The first kappa shape index (κ1) is 15.2. The van der Waals surface area contributed by atoms with Crippen LogP contribution in [0.15, 0.2) is 40.9 Å². The van der Waals surface area contributed by atoms with E-state index in [1.54, 1.807) is 13.0 Å². The zero-order chi connectivity index (χ0) is 14.7. The van der Waals surface area contributed by atoms with Crippen LogP contribution in [0.4, 0.5) is 4.39 Å². The molecular weight excluding hydrogens is 317 g/mol. The fraction of sp³-hybridized carbons (Fsp3) is 0.294. The number of halogens is 2. The van der Waals surface area contributed by atoms with Gasteiger partial charge in [-0.25, -0.2) is 4.39 Å². The van der Waals surface area contributed by atoms with E-state index in [2.05, 4.69) is 47.2 Å². The number of aryl methyl sites for hydroxylation is 2. The SMILES string of the molecule is CCNC(c1ccc(F)c(C)c1)c1ccc(Br)cc1C. The molecule has 0 radical (unpaired) electrons. The molecule has 1 atom stereocenters. The zero-order valence-electron chi connectivity index (χ0n) is 12.0. The van der Waals surface area contributed by atoms with E-state index >= 15 is 0 Å². The van der Waals surface area contributed by atoms with Gasteiger partial charge in [-0.2, -0.15) is 0 Å². The third kappa shape index (κ3) is 3.28. The summed E-state index contributed by atoms with van der Waals surface area (Å²) in [6.07, 6.45) is 0. The Bertz CT molecular complexity index is 610. The molecule has 2 rings (SSSR count). The van der Waals surface area contributed by atoms with E-state index in [1.807, 2.05) is 18.2 Å². The van der Waals surface area contributed by atoms with E-state index in [0.29, 0.717) is 5.56 Å². The molecule has 2 aromatic rings. The Morgan fingerprint density at radius 1 is 1.10 bits per heavy atom. The molecule has 0 bridgehead atoms. The molecule has 0 saturated carbocycles. The van der Waals surface area contributed by atoms with Crippen molar-refractivity contribution in [2.75, 3.05) is 6.54 Å². The van der Waals surface area contributed by atoms with Gasteiger partial charge in [0.05, 0.1) is 6.04 Å². The van der Waals surface area contributed by atoms with E-state index in [9.17, 15) is 4.39 Å². The Morgan fingerprint density at radius 2 is 1.85 bits per heavy atom. The van der Waals surface area contributed by atoms with Gasteiger partial charge in [-0.05, 0) is 60.8 Å². The smallest absolute Gasteiger partial charge is 0.126 e. The van der Waals surface area contributed by atoms with Crippen LogP contribution in [0.1, 0.15) is 35.2 Å². The summed E-state index contributed by atoms with van der Waals surface area (Å²) in [7, 11) is 0. The Kier molecular flexibility index (Phi) is 4.95. The molecule has 2 aromatic carbocycles. The number of nitrogens with one attached hydrogen (secondary N) is 1. The summed E-state index contributed by atoms with van der Waals surface area (Å²) in [5, 5.41) is 3.48. The van der Waals surface area contributed by atoms with Gasteiger partial charge in [-0.1, -0.05) is 41.1 Å². The van der Waals surface area contributed by atoms with E-state index in [4.69, 9.17) is 0 Å². The Hall–Kier alpha value is -1.19. The summed E-state index contributed by atoms with van der Waals surface area (Å²) >= 11 is 3.49. The summed E-state index contributed by atoms with van der Waals surface area (Å²) in [5.74, 6) is -0.156. The van der Waals surface area contributed by atoms with Crippen molar-refractivity contribution in [2.24, 2.45) is 0 Å². The minimum atomic E-state index is -0.156. The minimum absolute atomic E-state index is 0.0902. The van der Waals surface area contributed by atoms with Crippen molar-refractivity contribution < 1.29 is 4.39 Å². The van der Waals surface area contributed by atoms with Crippen LogP contribution in [0.3, 0.4) is 0 Å². The number of hydrogen-bond donors (Lipinski definition) is 1. The van der Waals surface area contributed by atoms with E-state index in [1.165, 1.54) is 11.1 Å². The molecule has 0 aliphatic rings. The molecular formula is C17H19BrFN. The van der Waals surface area contributed by atoms with Gasteiger partial charge in [0.15, 0.2) is 0 Å². The first-order valence-corrected chi connectivity index (χ1v) is 7.57. The van der Waals surface area contributed by atoms with Crippen LogP contribution in [0, 0.1) is 19.7 Å². The van der Waals surface area contributed by atoms with Gasteiger partial charge in [0, 0.05) is 4.47 Å². The van der Waals surface area contributed by atoms with Crippen LogP contribution in [0.5, 0.6) is 0 Å². The fourth-order valence-corrected chi connectivity index (χ4v) is 2.90. The number of hydrogen-bond acceptors (Lipinski definition) is 1. The van der Waals surface area contributed by atoms with Crippen molar-refractivity contribution in [3.63, 3.8) is 0 Å². The van der Waals surface area contributed by atoms with Gasteiger partial charge in [-0.15, -0.1) is 0 Å². The van der Waals surface area contributed by atoms with Crippen molar-refractivity contribution in [3.8, 4) is 0 Å². The standard InChI is InChI=1S/C17H19BrFN/c1-4-20-17(13-5-8-16(19)12(3)9-13)15-7-6-14(18)10-11(15)2/h5-10,17,20H,4H2,1-3H3. The topological polar surface area (TPSA) is 12.0 Å². The zero-order valence-corrected chi connectivity index (χ0v) is 13.6. The van der Waals surface area contributed by atoms with Crippen molar-refractivity contribution in [2.45, 2.75) is 26.8 Å². The Morgan fingerprint density at radius 3 is 2.45 bits per heavy atom. The second-order valence-corrected chi connectivity index (χ2v) is 5.92. The lowest BCUT2D eigenvalue weighted by Gasteiger charge is -2.21. The molecule has 0 heterocycles. The van der Waals surface area contributed by atoms with Crippen molar-refractivity contribution in [1.82, 2.24) is 5.32 Å². The molecule has 0 aliphatic carbocycles. The van der Waals surface area contributed by atoms with Gasteiger partial charge >= 0.3 is 0 Å². The molecule has 0 spiro atoms. The Balaban J connectivity index is 2.47. The third-order valence-electron chi connectivity index (χ3n) is 3.47. The van der Waals surface area contributed by atoms with Gasteiger partial charge in [0.2, 0.25) is 0 Å². The largest absolute Gasteiger partial charge is 0.307 e. The number of rotatable bonds is 4. The second-order valence-electron chi connectivity index (χ2n) is 5.00. The third-order valence-corrected chi connectivity index (χ3v) is 3.96. The maximum absolute atomic E-state index is 13.5. The van der Waals surface area contributed by atoms with Gasteiger partial charge in [0.25, 0.3) is 0 Å². The Labute approximate surface area is 128 Å². The first-order valence-electron chi connectivity index (χ1n) is 6.78. The molecule has 1 unspecified atom stereocenters. The monoisotopic (exact) mass is 335 g/mol. The predicted molar refractivity (Wildman–Crippen MR) is 85.5 cm³/mol. The lowest BCUT2D eigenvalue weighted by molar-refractivity contribution is 0.605. The molecule has 0 amide bonds. The van der Waals surface area contributed by atoms with E-state index in [0.717, 1.165) is 16.6 Å². The highest BCUT2D eigenvalue weighted by Crippen LogP contribution is 2.28. The summed E-state index contributed by atoms with van der Waals surface area (Å²) in [6.45, 7) is 6.84. The van der Waals surface area contributed by atoms with E-state index in [-0.39, 0.29) is 11.9 Å². The van der Waals surface area contributed by atoms with Crippen LogP contribution >= 0.6 is 15.9 Å². The predicted octanol–water partition coefficient (Wildman–Crippen LogP) is 4.90. The summed E-state index contributed by atoms with van der Waals surface area (Å²) in [5.41, 5.74) is 4.21. The van der Waals surface area contributed by atoms with Gasteiger partial charge in [-0.3, -0.25) is 0 Å². The molecule has 0 fully saturated rings. The maximum atomic E-state index is 13.5. The normalized spacial score (nSPS) is 12.4. The molecule has 1 nitrogen and oxygen atoms in total. The lowest BCUT2D eigenvalue weighted by Crippen LogP contribution is -2.23. The second kappa shape index (κ2) is 6.51. The highest BCUT2D eigenvalue weighted by atomic mass is 79.9. The quantitative estimate of drug-likeness (QED) is 0.837. The first-order chi connectivity index (χ1) is 9.52. The molecule has 106 valence electrons. The molecule has 3 heteroatoms. The van der Waals surface area contributed by atoms with Crippen LogP contribution in [0.25, 0.3) is 0 Å². The van der Waals surface area contributed by atoms with Gasteiger partial charge in [0.1, 0.15) is 5.82 Å². The molecule has 0 saturated heterocycles. The average molecular weight is 336 g/mol. The fourth-order valence-electron chi connectivity index (χ4n) is 2.42.